The molecule has 13 nitrogen and oxygen atoms in total. The van der Waals surface area contributed by atoms with Crippen LogP contribution in [0.4, 0.5) is 0 Å². The molecule has 1 fully saturated rings. The van der Waals surface area contributed by atoms with Gasteiger partial charge >= 0.3 is 5.97 Å². The van der Waals surface area contributed by atoms with E-state index in [1.807, 2.05) is 70.2 Å². The first-order chi connectivity index (χ1) is 27.2. The van der Waals surface area contributed by atoms with Crippen molar-refractivity contribution in [2.45, 2.75) is 89.8 Å². The summed E-state index contributed by atoms with van der Waals surface area (Å²) in [6.45, 7) is 19.9. The minimum absolute atomic E-state index is 0.00663. The number of phenols is 1. The molecule has 3 heterocycles. The zero-order chi connectivity index (χ0) is 42.8. The van der Waals surface area contributed by atoms with Gasteiger partial charge in [0, 0.05) is 0 Å². The van der Waals surface area contributed by atoms with Crippen molar-refractivity contribution >= 4 is 24.4 Å². The Morgan fingerprint density at radius 1 is 0.741 bits per heavy atom. The summed E-state index contributed by atoms with van der Waals surface area (Å²) < 4.78 is 60.3. The number of aliphatic hydroxyl groups excluding tert-OH is 1. The SMILES string of the molecule is Cc1ccc(O[Si](C)(C)C(C)(C)C)c(O)c1.Cc1ccc(S(=O)(=O)OCC2CO2)cc1.Cc1ccc2c(c1)OC[C@@H](C(=O)O)O2.Cc1ccc2c(c1)OC[C@@H](CO)O2. The molecule has 3 aliphatic rings. The van der Waals surface area contributed by atoms with Crippen molar-refractivity contribution < 1.29 is 60.8 Å². The van der Waals surface area contributed by atoms with Crippen LogP contribution in [0.3, 0.4) is 0 Å². The summed E-state index contributed by atoms with van der Waals surface area (Å²) in [4.78, 5) is 10.8. The van der Waals surface area contributed by atoms with Crippen LogP contribution in [0.15, 0.2) is 83.8 Å². The highest BCUT2D eigenvalue weighted by Crippen LogP contribution is 2.40. The lowest BCUT2D eigenvalue weighted by molar-refractivity contribution is -0.147. The van der Waals surface area contributed by atoms with E-state index in [0.29, 0.717) is 30.5 Å². The summed E-state index contributed by atoms with van der Waals surface area (Å²) in [5.74, 6) is 2.44. The Morgan fingerprint density at radius 2 is 1.26 bits per heavy atom. The summed E-state index contributed by atoms with van der Waals surface area (Å²) in [6, 6.07) is 23.3. The van der Waals surface area contributed by atoms with Gasteiger partial charge in [-0.3, -0.25) is 4.18 Å². The molecule has 15 heteroatoms. The van der Waals surface area contributed by atoms with Gasteiger partial charge in [0.1, 0.15) is 25.1 Å². The first kappa shape index (κ1) is 45.9. The van der Waals surface area contributed by atoms with Crippen LogP contribution in [0.5, 0.6) is 34.5 Å². The number of phenolic OH excluding ortho intramolecular Hbond substituents is 1. The summed E-state index contributed by atoms with van der Waals surface area (Å²) in [5, 5.41) is 27.5. The molecular weight excluding hydrogens is 785 g/mol. The average Bonchev–Trinajstić information content (AvgIpc) is 4.00. The maximum atomic E-state index is 11.6. The molecule has 58 heavy (non-hydrogen) atoms. The maximum absolute atomic E-state index is 11.6. The maximum Gasteiger partial charge on any atom is 0.348 e. The topological polar surface area (TPSA) is 180 Å². The van der Waals surface area contributed by atoms with Gasteiger partial charge in [0.2, 0.25) is 6.10 Å². The number of rotatable bonds is 8. The second-order valence-electron chi connectivity index (χ2n) is 15.7. The number of fused-ring (bicyclic) bond motifs is 2. The monoisotopic (exact) mass is 840 g/mol. The van der Waals surface area contributed by atoms with E-state index < -0.39 is 30.5 Å². The highest BCUT2D eigenvalue weighted by Gasteiger charge is 2.39. The third kappa shape index (κ3) is 13.7. The van der Waals surface area contributed by atoms with Crippen LogP contribution in [0, 0.1) is 27.7 Å². The molecule has 0 saturated carbocycles. The van der Waals surface area contributed by atoms with Crippen LogP contribution >= 0.6 is 0 Å². The first-order valence-electron chi connectivity index (χ1n) is 18.9. The summed E-state index contributed by atoms with van der Waals surface area (Å²) >= 11 is 0. The highest BCUT2D eigenvalue weighted by molar-refractivity contribution is 7.86. The van der Waals surface area contributed by atoms with Crippen LogP contribution < -0.4 is 23.4 Å². The van der Waals surface area contributed by atoms with Crippen LogP contribution in [-0.4, -0.2) is 89.4 Å². The average molecular weight is 841 g/mol. The Morgan fingerprint density at radius 3 is 1.78 bits per heavy atom. The number of aliphatic hydroxyl groups is 1. The van der Waals surface area contributed by atoms with Crippen molar-refractivity contribution in [2.24, 2.45) is 0 Å². The first-order valence-corrected chi connectivity index (χ1v) is 23.2. The van der Waals surface area contributed by atoms with Crippen molar-refractivity contribution in [3.8, 4) is 34.5 Å². The molecule has 1 saturated heterocycles. The van der Waals surface area contributed by atoms with Crippen LogP contribution in [0.1, 0.15) is 43.0 Å². The minimum Gasteiger partial charge on any atom is -0.541 e. The number of ether oxygens (including phenoxy) is 5. The Bertz CT molecular complexity index is 2090. The lowest BCUT2D eigenvalue weighted by Crippen LogP contribution is -2.43. The van der Waals surface area contributed by atoms with Gasteiger partial charge in [-0.05, 0) is 111 Å². The highest BCUT2D eigenvalue weighted by atomic mass is 32.2. The number of aromatic hydroxyl groups is 1. The van der Waals surface area contributed by atoms with E-state index in [1.165, 1.54) is 0 Å². The van der Waals surface area contributed by atoms with E-state index >= 15 is 0 Å². The number of aliphatic carboxylic acids is 1. The van der Waals surface area contributed by atoms with Gasteiger partial charge in [-0.15, -0.1) is 0 Å². The minimum atomic E-state index is -3.61. The van der Waals surface area contributed by atoms with E-state index in [0.717, 1.165) is 33.8 Å². The number of benzene rings is 4. The van der Waals surface area contributed by atoms with Gasteiger partial charge in [0.05, 0.1) is 24.7 Å². The lowest BCUT2D eigenvalue weighted by atomic mass is 10.2. The number of carboxylic acids is 1. The van der Waals surface area contributed by atoms with Gasteiger partial charge < -0.3 is 43.4 Å². The van der Waals surface area contributed by atoms with Gasteiger partial charge in [0.15, 0.2) is 34.9 Å². The quantitative estimate of drug-likeness (QED) is 0.0901. The Labute approximate surface area is 342 Å². The molecule has 3 aliphatic heterocycles. The molecule has 7 rings (SSSR count). The molecule has 0 aliphatic carbocycles. The van der Waals surface area contributed by atoms with Crippen molar-refractivity contribution in [1.29, 1.82) is 0 Å². The number of aryl methyl sites for hydroxylation is 4. The zero-order valence-electron chi connectivity index (χ0n) is 34.6. The predicted molar refractivity (Wildman–Crippen MR) is 222 cm³/mol. The molecule has 1 unspecified atom stereocenters. The molecular formula is C43H56O13SSi. The number of carbonyl (C=O) groups is 1. The molecule has 3 atom stereocenters. The number of hydrogen-bond acceptors (Lipinski definition) is 12. The fourth-order valence-corrected chi connectivity index (χ4v) is 6.82. The van der Waals surface area contributed by atoms with E-state index in [-0.39, 0.29) is 47.7 Å². The van der Waals surface area contributed by atoms with Gasteiger partial charge in [-0.25, -0.2) is 4.79 Å². The molecule has 0 bridgehead atoms. The lowest BCUT2D eigenvalue weighted by Gasteiger charge is -2.36. The van der Waals surface area contributed by atoms with E-state index in [9.17, 15) is 18.3 Å². The number of epoxide rings is 1. The molecule has 0 amide bonds. The summed E-state index contributed by atoms with van der Waals surface area (Å²) in [5.41, 5.74) is 4.26. The summed E-state index contributed by atoms with van der Waals surface area (Å²) in [7, 11) is -5.47. The van der Waals surface area contributed by atoms with Crippen molar-refractivity contribution in [3.05, 3.63) is 101 Å². The van der Waals surface area contributed by atoms with Gasteiger partial charge in [-0.1, -0.05) is 56.7 Å². The predicted octanol–water partition coefficient (Wildman–Crippen LogP) is 7.53. The van der Waals surface area contributed by atoms with Gasteiger partial charge in [-0.2, -0.15) is 8.42 Å². The Balaban J connectivity index is 0.000000171. The Kier molecular flexibility index (Phi) is 15.6. The third-order valence-electron chi connectivity index (χ3n) is 9.46. The molecule has 0 aromatic heterocycles. The van der Waals surface area contributed by atoms with E-state index in [1.54, 1.807) is 36.4 Å². The molecule has 4 aromatic carbocycles. The number of carboxylic acid groups (broad SMARTS) is 1. The molecule has 316 valence electrons. The Hall–Kier alpha value is -4.80. The van der Waals surface area contributed by atoms with Crippen molar-refractivity contribution in [3.63, 3.8) is 0 Å². The van der Waals surface area contributed by atoms with Crippen molar-refractivity contribution in [1.82, 2.24) is 0 Å². The molecule has 3 N–H and O–H groups in total. The standard InChI is InChI=1S/C13H22O2Si.C10H12O4S.C10H10O4.C10H12O3/c1-10-7-8-12(11(14)9-10)15-16(5,6)13(2,3)4;1-8-2-4-10(5-3-8)15(11,12)14-7-9-6-13-9;1-6-2-3-7-8(4-6)13-5-9(14-7)10(11)12;1-7-2-3-9-10(4-7)12-6-8(5-11)13-9/h7-9,14H,1-6H3;2-5,9H,6-7H2,1H3;2-4,9H,5H2,1H3,(H,11,12);2-4,8,11H,5-6H2,1H3/t;;9-;8-/m..01/s1. The molecule has 0 spiro atoms. The zero-order valence-corrected chi connectivity index (χ0v) is 36.4. The van der Waals surface area contributed by atoms with E-state index in [4.69, 9.17) is 42.5 Å². The fourth-order valence-electron chi connectivity index (χ4n) is 4.86. The number of hydrogen-bond donors (Lipinski definition) is 3. The van der Waals surface area contributed by atoms with Crippen molar-refractivity contribution in [2.75, 3.05) is 33.0 Å². The van der Waals surface area contributed by atoms with Crippen LogP contribution in [0.25, 0.3) is 0 Å². The van der Waals surface area contributed by atoms with Crippen LogP contribution in [0.2, 0.25) is 18.1 Å². The normalized spacial score (nSPS) is 17.8. The largest absolute Gasteiger partial charge is 0.541 e. The smallest absolute Gasteiger partial charge is 0.348 e. The molecule has 0 radical (unpaired) electrons. The second-order valence-corrected chi connectivity index (χ2v) is 22.1. The fraction of sp³-hybridized carbons (Fsp3) is 0.419. The van der Waals surface area contributed by atoms with Gasteiger partial charge in [0.25, 0.3) is 18.4 Å². The second kappa shape index (κ2) is 19.8. The van der Waals surface area contributed by atoms with E-state index in [2.05, 4.69) is 33.9 Å². The van der Waals surface area contributed by atoms with Crippen LogP contribution in [-0.2, 0) is 23.8 Å². The summed E-state index contributed by atoms with van der Waals surface area (Å²) in [6.07, 6.45) is -1.18. The third-order valence-corrected chi connectivity index (χ3v) is 15.1. The molecule has 4 aromatic rings.